The van der Waals surface area contributed by atoms with Gasteiger partial charge in [-0.3, -0.25) is 0 Å². The van der Waals surface area contributed by atoms with Gasteiger partial charge in [-0.2, -0.15) is 0 Å². The molecular weight excluding hydrogens is 292 g/mol. The molecule has 0 aliphatic heterocycles. The lowest BCUT2D eigenvalue weighted by molar-refractivity contribution is 0.687. The largest absolute Gasteiger partial charge is 0.360 e. The zero-order chi connectivity index (χ0) is 14.1. The van der Waals surface area contributed by atoms with E-state index >= 15 is 0 Å². The monoisotopic (exact) mass is 306 g/mol. The summed E-state index contributed by atoms with van der Waals surface area (Å²) in [6.45, 7) is 5.25. The van der Waals surface area contributed by atoms with Crippen molar-refractivity contribution >= 4 is 33.0 Å². The molecule has 1 aromatic carbocycles. The minimum Gasteiger partial charge on any atom is -0.360 e. The van der Waals surface area contributed by atoms with Crippen LogP contribution in [0.25, 0.3) is 16.2 Å². The summed E-state index contributed by atoms with van der Waals surface area (Å²) in [7, 11) is 0. The van der Waals surface area contributed by atoms with Crippen LogP contribution in [0.1, 0.15) is 13.8 Å². The third kappa shape index (κ3) is 2.64. The first-order chi connectivity index (χ1) is 9.63. The Morgan fingerprint density at radius 2 is 2.05 bits per heavy atom. The van der Waals surface area contributed by atoms with Crippen LogP contribution >= 0.6 is 22.9 Å². The van der Waals surface area contributed by atoms with Crippen molar-refractivity contribution < 1.29 is 0 Å². The molecule has 3 rings (SSSR count). The third-order valence-electron chi connectivity index (χ3n) is 2.89. The minimum absolute atomic E-state index is 0.585. The van der Waals surface area contributed by atoms with Gasteiger partial charge in [-0.25, -0.2) is 9.50 Å². The molecule has 0 saturated carbocycles. The normalized spacial score (nSPS) is 11.4. The molecular formula is C14H15ClN4S. The fraction of sp³-hybridized carbons (Fsp3) is 0.286. The Bertz CT molecular complexity index is 714. The number of nitrogens with one attached hydrogen (secondary N) is 1. The number of anilines is 1. The highest BCUT2D eigenvalue weighted by Gasteiger charge is 2.11. The summed E-state index contributed by atoms with van der Waals surface area (Å²) in [6, 6.07) is 7.71. The quantitative estimate of drug-likeness (QED) is 0.786. The molecule has 0 spiro atoms. The van der Waals surface area contributed by atoms with E-state index in [-0.39, 0.29) is 0 Å². The van der Waals surface area contributed by atoms with Crippen LogP contribution in [0.15, 0.2) is 30.5 Å². The zero-order valence-corrected chi connectivity index (χ0v) is 12.9. The first-order valence-electron chi connectivity index (χ1n) is 6.48. The van der Waals surface area contributed by atoms with Gasteiger partial charge < -0.3 is 5.32 Å². The van der Waals surface area contributed by atoms with Crippen LogP contribution in [0.2, 0.25) is 5.02 Å². The Balaban J connectivity index is 1.94. The summed E-state index contributed by atoms with van der Waals surface area (Å²) < 4.78 is 1.87. The molecule has 0 atom stereocenters. The maximum atomic E-state index is 5.92. The van der Waals surface area contributed by atoms with E-state index in [0.29, 0.717) is 5.92 Å². The molecule has 3 aromatic rings. The van der Waals surface area contributed by atoms with Crippen LogP contribution in [0.5, 0.6) is 0 Å². The minimum atomic E-state index is 0.585. The number of hydrogen-bond acceptors (Lipinski definition) is 4. The number of halogens is 1. The third-order valence-corrected chi connectivity index (χ3v) is 4.02. The van der Waals surface area contributed by atoms with Crippen LogP contribution in [0.3, 0.4) is 0 Å². The molecule has 20 heavy (non-hydrogen) atoms. The van der Waals surface area contributed by atoms with Gasteiger partial charge in [-0.1, -0.05) is 48.9 Å². The molecule has 0 unspecified atom stereocenters. The van der Waals surface area contributed by atoms with Crippen molar-refractivity contribution in [2.24, 2.45) is 5.92 Å². The Kier molecular flexibility index (Phi) is 3.63. The van der Waals surface area contributed by atoms with E-state index < -0.39 is 0 Å². The Morgan fingerprint density at radius 3 is 2.75 bits per heavy atom. The Labute approximate surface area is 126 Å². The number of rotatable bonds is 4. The standard InChI is InChI=1S/C14H15ClN4S/c1-9(2)7-16-13-18-19-12(8-17-14(19)20-13)10-3-5-11(15)6-4-10/h3-6,8-9H,7H2,1-2H3,(H,16,18). The fourth-order valence-corrected chi connectivity index (χ4v) is 2.78. The molecule has 0 amide bonds. The van der Waals surface area contributed by atoms with Gasteiger partial charge in [0.25, 0.3) is 0 Å². The summed E-state index contributed by atoms with van der Waals surface area (Å²) in [4.78, 5) is 5.30. The second kappa shape index (κ2) is 5.42. The summed E-state index contributed by atoms with van der Waals surface area (Å²) in [5, 5.41) is 9.53. The Morgan fingerprint density at radius 1 is 1.30 bits per heavy atom. The van der Waals surface area contributed by atoms with Gasteiger partial charge in [0.05, 0.1) is 11.9 Å². The number of benzene rings is 1. The van der Waals surface area contributed by atoms with Crippen molar-refractivity contribution in [1.82, 2.24) is 14.6 Å². The molecule has 4 nitrogen and oxygen atoms in total. The fourth-order valence-electron chi connectivity index (χ4n) is 1.87. The molecule has 0 fully saturated rings. The van der Waals surface area contributed by atoms with E-state index in [1.165, 1.54) is 0 Å². The molecule has 0 aliphatic carbocycles. The molecule has 2 heterocycles. The van der Waals surface area contributed by atoms with Gasteiger partial charge in [0.2, 0.25) is 10.1 Å². The van der Waals surface area contributed by atoms with Crippen LogP contribution in [-0.4, -0.2) is 21.1 Å². The van der Waals surface area contributed by atoms with E-state index in [4.69, 9.17) is 11.6 Å². The lowest BCUT2D eigenvalue weighted by atomic mass is 10.2. The van der Waals surface area contributed by atoms with E-state index in [1.54, 1.807) is 11.3 Å². The summed E-state index contributed by atoms with van der Waals surface area (Å²) >= 11 is 7.48. The average Bonchev–Trinajstić information content (AvgIpc) is 2.97. The van der Waals surface area contributed by atoms with Crippen molar-refractivity contribution in [2.75, 3.05) is 11.9 Å². The van der Waals surface area contributed by atoms with Crippen LogP contribution < -0.4 is 5.32 Å². The van der Waals surface area contributed by atoms with Crippen LogP contribution in [0.4, 0.5) is 5.13 Å². The molecule has 0 saturated heterocycles. The van der Waals surface area contributed by atoms with Crippen molar-refractivity contribution in [2.45, 2.75) is 13.8 Å². The summed E-state index contributed by atoms with van der Waals surface area (Å²) in [5.41, 5.74) is 2.04. The first kappa shape index (κ1) is 13.4. The Hall–Kier alpha value is -1.59. The number of hydrogen-bond donors (Lipinski definition) is 1. The van der Waals surface area contributed by atoms with E-state index in [0.717, 1.165) is 32.9 Å². The molecule has 2 aromatic heterocycles. The lowest BCUT2D eigenvalue weighted by Crippen LogP contribution is -2.07. The highest BCUT2D eigenvalue weighted by molar-refractivity contribution is 7.20. The summed E-state index contributed by atoms with van der Waals surface area (Å²) in [5.74, 6) is 0.585. The smallest absolute Gasteiger partial charge is 0.214 e. The average molecular weight is 307 g/mol. The maximum Gasteiger partial charge on any atom is 0.214 e. The molecule has 1 N–H and O–H groups in total. The van der Waals surface area contributed by atoms with Crippen LogP contribution in [0, 0.1) is 5.92 Å². The van der Waals surface area contributed by atoms with Crippen molar-refractivity contribution in [3.63, 3.8) is 0 Å². The second-order valence-corrected chi connectivity index (χ2v) is 6.42. The maximum absolute atomic E-state index is 5.92. The first-order valence-corrected chi connectivity index (χ1v) is 7.67. The number of nitrogens with zero attached hydrogens (tertiary/aromatic N) is 3. The molecule has 0 radical (unpaired) electrons. The van der Waals surface area contributed by atoms with Gasteiger partial charge >= 0.3 is 0 Å². The van der Waals surface area contributed by atoms with Crippen molar-refractivity contribution in [3.8, 4) is 11.3 Å². The van der Waals surface area contributed by atoms with E-state index in [9.17, 15) is 0 Å². The van der Waals surface area contributed by atoms with Crippen molar-refractivity contribution in [1.29, 1.82) is 0 Å². The SMILES string of the molecule is CC(C)CNc1nn2c(-c3ccc(Cl)cc3)cnc2s1. The predicted molar refractivity (Wildman–Crippen MR) is 84.6 cm³/mol. The van der Waals surface area contributed by atoms with E-state index in [1.807, 2.05) is 35.0 Å². The van der Waals surface area contributed by atoms with Gasteiger partial charge in [-0.05, 0) is 18.1 Å². The molecule has 6 heteroatoms. The summed E-state index contributed by atoms with van der Waals surface area (Å²) in [6.07, 6.45) is 1.84. The number of imidazole rings is 1. The van der Waals surface area contributed by atoms with Gasteiger partial charge in [-0.15, -0.1) is 5.10 Å². The molecule has 0 aliphatic rings. The number of aromatic nitrogens is 3. The van der Waals surface area contributed by atoms with Gasteiger partial charge in [0, 0.05) is 17.1 Å². The lowest BCUT2D eigenvalue weighted by Gasteiger charge is -2.04. The topological polar surface area (TPSA) is 42.2 Å². The molecule has 0 bridgehead atoms. The van der Waals surface area contributed by atoms with Crippen LogP contribution in [-0.2, 0) is 0 Å². The highest BCUT2D eigenvalue weighted by atomic mass is 35.5. The predicted octanol–water partition coefficient (Wildman–Crippen LogP) is 4.18. The van der Waals surface area contributed by atoms with Gasteiger partial charge in [0.15, 0.2) is 0 Å². The number of fused-ring (bicyclic) bond motifs is 1. The second-order valence-electron chi connectivity index (χ2n) is 5.03. The molecule has 104 valence electrons. The van der Waals surface area contributed by atoms with Crippen molar-refractivity contribution in [3.05, 3.63) is 35.5 Å². The van der Waals surface area contributed by atoms with E-state index in [2.05, 4.69) is 29.2 Å². The zero-order valence-electron chi connectivity index (χ0n) is 11.3. The highest BCUT2D eigenvalue weighted by Crippen LogP contribution is 2.26. The van der Waals surface area contributed by atoms with Gasteiger partial charge in [0.1, 0.15) is 0 Å².